The summed E-state index contributed by atoms with van der Waals surface area (Å²) in [6, 6.07) is 9.26. The van der Waals surface area contributed by atoms with Crippen LogP contribution in [0.1, 0.15) is 11.1 Å². The molecule has 0 saturated carbocycles. The lowest BCUT2D eigenvalue weighted by Gasteiger charge is -2.10. The maximum Gasteiger partial charge on any atom is 0.255 e. The Morgan fingerprint density at radius 1 is 1.28 bits per heavy atom. The Hall–Kier alpha value is -1.55. The Bertz CT molecular complexity index is 619. The number of halogens is 1. The fourth-order valence-corrected chi connectivity index (χ4v) is 2.12. The second-order valence-corrected chi connectivity index (χ2v) is 4.59. The Kier molecular flexibility index (Phi) is 3.87. The van der Waals surface area contributed by atoms with E-state index in [-0.39, 0.29) is 5.56 Å². The van der Waals surface area contributed by atoms with Crippen molar-refractivity contribution in [1.29, 1.82) is 0 Å². The van der Waals surface area contributed by atoms with E-state index in [1.54, 1.807) is 23.9 Å². The van der Waals surface area contributed by atoms with Gasteiger partial charge in [-0.05, 0) is 30.2 Å². The Morgan fingerprint density at radius 2 is 2.06 bits per heavy atom. The molecular weight excluding hydrogens is 294 g/mol. The lowest BCUT2D eigenvalue weighted by molar-refractivity contribution is 0.411. The molecule has 1 heterocycles. The predicted molar refractivity (Wildman–Crippen MR) is 76.0 cm³/mol. The highest BCUT2D eigenvalue weighted by Gasteiger charge is 2.04. The molecule has 0 saturated heterocycles. The SMILES string of the molecule is COc1cc(-n2ccc(CBr)cc2=O)ccc1C. The highest BCUT2D eigenvalue weighted by atomic mass is 79.9. The van der Waals surface area contributed by atoms with Crippen LogP contribution >= 0.6 is 15.9 Å². The first-order valence-corrected chi connectivity index (χ1v) is 6.70. The largest absolute Gasteiger partial charge is 0.496 e. The van der Waals surface area contributed by atoms with Gasteiger partial charge in [-0.3, -0.25) is 9.36 Å². The lowest BCUT2D eigenvalue weighted by atomic mass is 10.2. The fourth-order valence-electron chi connectivity index (χ4n) is 1.77. The smallest absolute Gasteiger partial charge is 0.255 e. The van der Waals surface area contributed by atoms with Gasteiger partial charge in [-0.15, -0.1) is 0 Å². The summed E-state index contributed by atoms with van der Waals surface area (Å²) in [5.41, 5.74) is 2.78. The van der Waals surface area contributed by atoms with Crippen LogP contribution < -0.4 is 10.3 Å². The quantitative estimate of drug-likeness (QED) is 0.816. The highest BCUT2D eigenvalue weighted by Crippen LogP contribution is 2.20. The molecule has 0 N–H and O–H groups in total. The number of aryl methyl sites for hydroxylation is 1. The van der Waals surface area contributed by atoms with Gasteiger partial charge < -0.3 is 4.74 Å². The number of hydrogen-bond donors (Lipinski definition) is 0. The summed E-state index contributed by atoms with van der Waals surface area (Å²) >= 11 is 3.34. The van der Waals surface area contributed by atoms with Crippen LogP contribution in [-0.4, -0.2) is 11.7 Å². The molecule has 1 aromatic carbocycles. The fraction of sp³-hybridized carbons (Fsp3) is 0.214. The number of ether oxygens (including phenoxy) is 1. The Morgan fingerprint density at radius 3 is 2.67 bits per heavy atom. The molecule has 0 amide bonds. The minimum Gasteiger partial charge on any atom is -0.496 e. The highest BCUT2D eigenvalue weighted by molar-refractivity contribution is 9.08. The van der Waals surface area contributed by atoms with E-state index >= 15 is 0 Å². The van der Waals surface area contributed by atoms with Gasteiger partial charge in [-0.25, -0.2) is 0 Å². The van der Waals surface area contributed by atoms with Crippen LogP contribution in [-0.2, 0) is 5.33 Å². The number of nitrogens with zero attached hydrogens (tertiary/aromatic N) is 1. The standard InChI is InChI=1S/C14H14BrNO2/c1-10-3-4-12(8-13(10)18-2)16-6-5-11(9-15)7-14(16)17/h3-8H,9H2,1-2H3. The van der Waals surface area contributed by atoms with Gasteiger partial charge in [-0.1, -0.05) is 22.0 Å². The number of aromatic nitrogens is 1. The normalized spacial score (nSPS) is 10.4. The molecule has 0 fully saturated rings. The van der Waals surface area contributed by atoms with Gasteiger partial charge in [0.05, 0.1) is 12.8 Å². The molecule has 0 bridgehead atoms. The molecule has 0 radical (unpaired) electrons. The van der Waals surface area contributed by atoms with Crippen molar-refractivity contribution < 1.29 is 4.74 Å². The molecule has 0 aliphatic rings. The summed E-state index contributed by atoms with van der Waals surface area (Å²) in [7, 11) is 1.63. The third-order valence-electron chi connectivity index (χ3n) is 2.81. The zero-order valence-corrected chi connectivity index (χ0v) is 11.9. The van der Waals surface area contributed by atoms with E-state index in [0.29, 0.717) is 5.33 Å². The summed E-state index contributed by atoms with van der Waals surface area (Å²) < 4.78 is 6.87. The lowest BCUT2D eigenvalue weighted by Crippen LogP contribution is -2.17. The molecule has 94 valence electrons. The molecule has 0 unspecified atom stereocenters. The molecule has 2 aromatic rings. The first kappa shape index (κ1) is 12.9. The van der Waals surface area contributed by atoms with Crippen molar-refractivity contribution in [3.05, 3.63) is 58.0 Å². The Balaban J connectivity index is 2.52. The van der Waals surface area contributed by atoms with Gasteiger partial charge >= 0.3 is 0 Å². The van der Waals surface area contributed by atoms with Crippen LogP contribution in [0, 0.1) is 6.92 Å². The maximum atomic E-state index is 12.0. The van der Waals surface area contributed by atoms with E-state index in [9.17, 15) is 4.79 Å². The average molecular weight is 308 g/mol. The zero-order valence-electron chi connectivity index (χ0n) is 10.3. The summed E-state index contributed by atoms with van der Waals surface area (Å²) in [6.45, 7) is 1.97. The Labute approximate surface area is 114 Å². The van der Waals surface area contributed by atoms with Crippen LogP contribution in [0.15, 0.2) is 41.3 Å². The molecule has 0 aliphatic heterocycles. The van der Waals surface area contributed by atoms with Gasteiger partial charge in [0.15, 0.2) is 0 Å². The third-order valence-corrected chi connectivity index (χ3v) is 3.46. The van der Waals surface area contributed by atoms with E-state index in [2.05, 4.69) is 15.9 Å². The molecule has 4 heteroatoms. The molecule has 3 nitrogen and oxygen atoms in total. The van der Waals surface area contributed by atoms with E-state index in [0.717, 1.165) is 22.6 Å². The first-order valence-electron chi connectivity index (χ1n) is 5.58. The summed E-state index contributed by atoms with van der Waals surface area (Å²) in [5, 5.41) is 0.681. The van der Waals surface area contributed by atoms with Gasteiger partial charge in [0.25, 0.3) is 5.56 Å². The molecule has 1 aromatic heterocycles. The second-order valence-electron chi connectivity index (χ2n) is 4.03. The van der Waals surface area contributed by atoms with Crippen molar-refractivity contribution in [2.24, 2.45) is 0 Å². The van der Waals surface area contributed by atoms with Crippen molar-refractivity contribution in [3.8, 4) is 11.4 Å². The van der Waals surface area contributed by atoms with Crippen LogP contribution in [0.5, 0.6) is 5.75 Å². The molecule has 2 rings (SSSR count). The monoisotopic (exact) mass is 307 g/mol. The van der Waals surface area contributed by atoms with Crippen LogP contribution in [0.25, 0.3) is 5.69 Å². The maximum absolute atomic E-state index is 12.0. The second kappa shape index (κ2) is 5.40. The summed E-state index contributed by atoms with van der Waals surface area (Å²) in [5.74, 6) is 0.781. The van der Waals surface area contributed by atoms with E-state index < -0.39 is 0 Å². The molecule has 18 heavy (non-hydrogen) atoms. The minimum absolute atomic E-state index is 0.0437. The van der Waals surface area contributed by atoms with E-state index in [4.69, 9.17) is 4.74 Å². The summed E-state index contributed by atoms with van der Waals surface area (Å²) in [6.07, 6.45) is 1.78. The van der Waals surface area contributed by atoms with Gasteiger partial charge in [0.2, 0.25) is 0 Å². The van der Waals surface area contributed by atoms with E-state index in [1.807, 2.05) is 31.2 Å². The van der Waals surface area contributed by atoms with E-state index in [1.165, 1.54) is 0 Å². The zero-order chi connectivity index (χ0) is 13.1. The van der Waals surface area contributed by atoms with Crippen molar-refractivity contribution >= 4 is 15.9 Å². The first-order chi connectivity index (χ1) is 8.65. The van der Waals surface area contributed by atoms with Crippen molar-refractivity contribution in [1.82, 2.24) is 4.57 Å². The van der Waals surface area contributed by atoms with Gasteiger partial charge in [0.1, 0.15) is 5.75 Å². The molecule has 0 aliphatic carbocycles. The minimum atomic E-state index is -0.0437. The van der Waals surface area contributed by atoms with Crippen LogP contribution in [0.3, 0.4) is 0 Å². The number of alkyl halides is 1. The predicted octanol–water partition coefficient (Wildman–Crippen LogP) is 3.05. The average Bonchev–Trinajstić information content (AvgIpc) is 2.39. The third kappa shape index (κ3) is 2.48. The number of hydrogen-bond acceptors (Lipinski definition) is 2. The summed E-state index contributed by atoms with van der Waals surface area (Å²) in [4.78, 5) is 12.0. The van der Waals surface area contributed by atoms with Crippen molar-refractivity contribution in [2.75, 3.05) is 7.11 Å². The number of benzene rings is 1. The number of rotatable bonds is 3. The van der Waals surface area contributed by atoms with Crippen LogP contribution in [0.2, 0.25) is 0 Å². The number of pyridine rings is 1. The molecule has 0 spiro atoms. The molecular formula is C14H14BrNO2. The number of methoxy groups -OCH3 is 1. The molecule has 0 atom stereocenters. The van der Waals surface area contributed by atoms with Crippen molar-refractivity contribution in [3.63, 3.8) is 0 Å². The van der Waals surface area contributed by atoms with Crippen molar-refractivity contribution in [2.45, 2.75) is 12.3 Å². The van der Waals surface area contributed by atoms with Gasteiger partial charge in [-0.2, -0.15) is 0 Å². The van der Waals surface area contributed by atoms with Crippen LogP contribution in [0.4, 0.5) is 0 Å². The van der Waals surface area contributed by atoms with Gasteiger partial charge in [0, 0.05) is 23.7 Å². The topological polar surface area (TPSA) is 31.2 Å².